The van der Waals surface area contributed by atoms with Gasteiger partial charge < -0.3 is 9.32 Å². The zero-order valence-electron chi connectivity index (χ0n) is 26.3. The van der Waals surface area contributed by atoms with Gasteiger partial charge in [0.15, 0.2) is 5.58 Å². The van der Waals surface area contributed by atoms with Gasteiger partial charge in [-0.15, -0.1) is 0 Å². The highest BCUT2D eigenvalue weighted by molar-refractivity contribution is 6.13. The first-order valence-corrected chi connectivity index (χ1v) is 16.1. The van der Waals surface area contributed by atoms with Crippen LogP contribution in [0.25, 0.3) is 55.6 Å². The number of hydrogen-bond donors (Lipinski definition) is 0. The van der Waals surface area contributed by atoms with Gasteiger partial charge in [-0.3, -0.25) is 0 Å². The molecule has 0 spiro atoms. The van der Waals surface area contributed by atoms with E-state index in [0.717, 1.165) is 50.1 Å². The zero-order chi connectivity index (χ0) is 31.5. The van der Waals surface area contributed by atoms with Gasteiger partial charge in [0, 0.05) is 27.6 Å². The second-order valence-corrected chi connectivity index (χ2v) is 12.8. The average Bonchev–Trinajstić information content (AvgIpc) is 3.66. The quantitative estimate of drug-likeness (QED) is 0.196. The van der Waals surface area contributed by atoms with E-state index in [2.05, 4.69) is 140 Å². The van der Waals surface area contributed by atoms with E-state index in [1.165, 1.54) is 27.8 Å². The molecule has 1 heterocycles. The molecule has 0 saturated heterocycles. The lowest BCUT2D eigenvalue weighted by Crippen LogP contribution is -2.17. The Labute approximate surface area is 274 Å². The normalized spacial score (nSPS) is 13.1. The molecule has 1 aromatic heterocycles. The van der Waals surface area contributed by atoms with Crippen molar-refractivity contribution in [3.8, 4) is 33.7 Å². The topological polar surface area (TPSA) is 29.3 Å². The molecule has 8 aromatic rings. The van der Waals surface area contributed by atoms with E-state index < -0.39 is 0 Å². The average molecular weight is 605 g/mol. The van der Waals surface area contributed by atoms with Crippen LogP contribution in [0.15, 0.2) is 162 Å². The van der Waals surface area contributed by atoms with Crippen LogP contribution in [-0.4, -0.2) is 4.98 Å². The molecule has 0 amide bonds. The molecule has 0 unspecified atom stereocenters. The molecule has 0 atom stereocenters. The van der Waals surface area contributed by atoms with Crippen molar-refractivity contribution >= 4 is 38.9 Å². The third kappa shape index (κ3) is 4.31. The summed E-state index contributed by atoms with van der Waals surface area (Å²) in [5.41, 5.74) is 13.3. The number of oxazole rings is 1. The third-order valence-electron chi connectivity index (χ3n) is 9.70. The Morgan fingerprint density at radius 3 is 2.00 bits per heavy atom. The summed E-state index contributed by atoms with van der Waals surface area (Å²) in [5, 5.41) is 2.17. The molecule has 7 aromatic carbocycles. The second kappa shape index (κ2) is 10.6. The number of fused-ring (bicyclic) bond motifs is 6. The fourth-order valence-electron chi connectivity index (χ4n) is 7.40. The van der Waals surface area contributed by atoms with Crippen LogP contribution in [0.2, 0.25) is 0 Å². The number of para-hydroxylation sites is 1. The van der Waals surface area contributed by atoms with Crippen molar-refractivity contribution in [1.82, 2.24) is 4.98 Å². The van der Waals surface area contributed by atoms with E-state index in [9.17, 15) is 0 Å². The fourth-order valence-corrected chi connectivity index (χ4v) is 7.40. The fraction of sp³-hybridized carbons (Fsp3) is 0.0682. The van der Waals surface area contributed by atoms with Crippen LogP contribution in [0.3, 0.4) is 0 Å². The van der Waals surface area contributed by atoms with Gasteiger partial charge >= 0.3 is 0 Å². The highest BCUT2D eigenvalue weighted by Crippen LogP contribution is 2.52. The standard InChI is InChI=1S/C44H32N2O/c1-44(2)36-21-11-9-20-34(36)35-26-25-32(28-37(35)44)46(38-22-12-10-19-33(38)29-14-5-3-6-15-29)39-23-13-18-30-24-27-40-42(41(30)39)45-43(47-40)31-16-7-4-8-17-31/h3-28H,1-2H3. The monoisotopic (exact) mass is 604 g/mol. The molecule has 0 fully saturated rings. The Hall–Kier alpha value is -5.93. The van der Waals surface area contributed by atoms with Gasteiger partial charge in [-0.1, -0.05) is 129 Å². The van der Waals surface area contributed by atoms with Crippen LogP contribution in [0.4, 0.5) is 17.1 Å². The Kier molecular flexibility index (Phi) is 6.16. The molecule has 0 aliphatic heterocycles. The molecule has 0 bridgehead atoms. The van der Waals surface area contributed by atoms with Crippen LogP contribution in [0.5, 0.6) is 0 Å². The van der Waals surface area contributed by atoms with Crippen molar-refractivity contribution in [1.29, 1.82) is 0 Å². The maximum Gasteiger partial charge on any atom is 0.227 e. The Morgan fingerprint density at radius 2 is 1.19 bits per heavy atom. The summed E-state index contributed by atoms with van der Waals surface area (Å²) in [6.45, 7) is 4.68. The van der Waals surface area contributed by atoms with E-state index in [-0.39, 0.29) is 5.41 Å². The Morgan fingerprint density at radius 1 is 0.532 bits per heavy atom. The lowest BCUT2D eigenvalue weighted by atomic mass is 9.82. The molecule has 1 aliphatic rings. The lowest BCUT2D eigenvalue weighted by molar-refractivity contribution is 0.620. The summed E-state index contributed by atoms with van der Waals surface area (Å²) in [6, 6.07) is 56.0. The van der Waals surface area contributed by atoms with Gasteiger partial charge in [-0.05, 0) is 75.7 Å². The van der Waals surface area contributed by atoms with Crippen molar-refractivity contribution in [3.05, 3.63) is 169 Å². The van der Waals surface area contributed by atoms with Crippen LogP contribution in [0.1, 0.15) is 25.0 Å². The molecule has 3 heteroatoms. The highest BCUT2D eigenvalue weighted by atomic mass is 16.3. The maximum atomic E-state index is 6.40. The van der Waals surface area contributed by atoms with Gasteiger partial charge in [0.25, 0.3) is 0 Å². The minimum atomic E-state index is -0.130. The second-order valence-electron chi connectivity index (χ2n) is 12.8. The first-order valence-electron chi connectivity index (χ1n) is 16.1. The number of anilines is 3. The largest absolute Gasteiger partial charge is 0.436 e. The Bertz CT molecular complexity index is 2440. The van der Waals surface area contributed by atoms with Crippen LogP contribution in [-0.2, 0) is 5.41 Å². The smallest absolute Gasteiger partial charge is 0.227 e. The summed E-state index contributed by atoms with van der Waals surface area (Å²) in [6.07, 6.45) is 0. The summed E-state index contributed by atoms with van der Waals surface area (Å²) in [4.78, 5) is 7.55. The minimum Gasteiger partial charge on any atom is -0.436 e. The zero-order valence-corrected chi connectivity index (χ0v) is 26.3. The number of hydrogen-bond acceptors (Lipinski definition) is 3. The summed E-state index contributed by atoms with van der Waals surface area (Å²) < 4.78 is 6.40. The van der Waals surface area contributed by atoms with E-state index in [1.807, 2.05) is 36.4 Å². The van der Waals surface area contributed by atoms with E-state index in [0.29, 0.717) is 5.89 Å². The summed E-state index contributed by atoms with van der Waals surface area (Å²) >= 11 is 0. The molecule has 0 saturated carbocycles. The van der Waals surface area contributed by atoms with E-state index in [1.54, 1.807) is 0 Å². The predicted octanol–water partition coefficient (Wildman–Crippen LogP) is 12.1. The lowest BCUT2D eigenvalue weighted by Gasteiger charge is -2.30. The van der Waals surface area contributed by atoms with Gasteiger partial charge in [0.05, 0.1) is 11.4 Å². The van der Waals surface area contributed by atoms with Crippen molar-refractivity contribution in [2.24, 2.45) is 0 Å². The van der Waals surface area contributed by atoms with Crippen molar-refractivity contribution in [2.45, 2.75) is 19.3 Å². The maximum absolute atomic E-state index is 6.40. The first-order chi connectivity index (χ1) is 23.1. The van der Waals surface area contributed by atoms with E-state index in [4.69, 9.17) is 9.40 Å². The van der Waals surface area contributed by atoms with Crippen LogP contribution in [0, 0.1) is 0 Å². The van der Waals surface area contributed by atoms with E-state index >= 15 is 0 Å². The minimum absolute atomic E-state index is 0.130. The molecule has 0 N–H and O–H groups in total. The molecule has 9 rings (SSSR count). The molecule has 47 heavy (non-hydrogen) atoms. The van der Waals surface area contributed by atoms with Gasteiger partial charge in [-0.2, -0.15) is 0 Å². The molecule has 3 nitrogen and oxygen atoms in total. The van der Waals surface area contributed by atoms with Gasteiger partial charge in [0.2, 0.25) is 5.89 Å². The number of benzene rings is 7. The molecule has 1 aliphatic carbocycles. The molecular weight excluding hydrogens is 572 g/mol. The number of rotatable bonds is 5. The Balaban J connectivity index is 1.34. The molecule has 224 valence electrons. The molecule has 0 radical (unpaired) electrons. The number of aromatic nitrogens is 1. The third-order valence-corrected chi connectivity index (χ3v) is 9.70. The number of nitrogens with zero attached hydrogens (tertiary/aromatic N) is 2. The SMILES string of the molecule is CC1(C)c2ccccc2-c2ccc(N(c3ccccc3-c3ccccc3)c3cccc4ccc5oc(-c6ccccc6)nc5c34)cc21. The van der Waals surface area contributed by atoms with Crippen molar-refractivity contribution < 1.29 is 4.42 Å². The van der Waals surface area contributed by atoms with Crippen molar-refractivity contribution in [2.75, 3.05) is 4.90 Å². The summed E-state index contributed by atoms with van der Waals surface area (Å²) in [5.74, 6) is 0.621. The van der Waals surface area contributed by atoms with Gasteiger partial charge in [0.1, 0.15) is 5.52 Å². The highest BCUT2D eigenvalue weighted by Gasteiger charge is 2.36. The summed E-state index contributed by atoms with van der Waals surface area (Å²) in [7, 11) is 0. The van der Waals surface area contributed by atoms with Crippen molar-refractivity contribution in [3.63, 3.8) is 0 Å². The van der Waals surface area contributed by atoms with Crippen LogP contribution < -0.4 is 4.90 Å². The van der Waals surface area contributed by atoms with Gasteiger partial charge in [-0.25, -0.2) is 4.98 Å². The first kappa shape index (κ1) is 27.4. The predicted molar refractivity (Wildman–Crippen MR) is 195 cm³/mol. The van der Waals surface area contributed by atoms with Crippen LogP contribution >= 0.6 is 0 Å². The molecular formula is C44H32N2O.